The fraction of sp³-hybridized carbons (Fsp3) is 0.105. The maximum atomic E-state index is 13.0. The van der Waals surface area contributed by atoms with Gasteiger partial charge in [-0.2, -0.15) is 0 Å². The van der Waals surface area contributed by atoms with Gasteiger partial charge in [0.1, 0.15) is 0 Å². The summed E-state index contributed by atoms with van der Waals surface area (Å²) in [5.74, 6) is 0.00159. The molecule has 1 N–H and O–H groups in total. The largest absolute Gasteiger partial charge is 0.328 e. The molecule has 0 saturated carbocycles. The number of nitrogens with one attached hydrogen (secondary N) is 1. The molecule has 23 heavy (non-hydrogen) atoms. The Kier molecular flexibility index (Phi) is 2.41. The first kappa shape index (κ1) is 13.0. The summed E-state index contributed by atoms with van der Waals surface area (Å²) in [6.45, 7) is 0. The summed E-state index contributed by atoms with van der Waals surface area (Å²) in [7, 11) is 0. The van der Waals surface area contributed by atoms with Gasteiger partial charge in [-0.05, 0) is 35.9 Å². The number of hydrogen-bond acceptors (Lipinski definition) is 1. The van der Waals surface area contributed by atoms with Gasteiger partial charge in [0.15, 0.2) is 5.54 Å². The zero-order valence-corrected chi connectivity index (χ0v) is 13.0. The predicted molar refractivity (Wildman–Crippen MR) is 90.7 cm³/mol. The average molecular weight is 321 g/mol. The van der Waals surface area contributed by atoms with Crippen LogP contribution >= 0.6 is 11.6 Å². The molecule has 2 aliphatic heterocycles. The number of anilines is 1. The molecule has 0 bridgehead atoms. The number of rotatable bonds is 0. The van der Waals surface area contributed by atoms with E-state index in [1.165, 1.54) is 11.1 Å². The smallest absolute Gasteiger partial charge is 0.255 e. The van der Waals surface area contributed by atoms with Gasteiger partial charge in [0.2, 0.25) is 0 Å². The van der Waals surface area contributed by atoms with Gasteiger partial charge in [0, 0.05) is 40.1 Å². The van der Waals surface area contributed by atoms with Crippen LogP contribution in [-0.4, -0.2) is 10.5 Å². The Morgan fingerprint density at radius 2 is 1.96 bits per heavy atom. The van der Waals surface area contributed by atoms with Crippen molar-refractivity contribution in [1.29, 1.82) is 0 Å². The van der Waals surface area contributed by atoms with Gasteiger partial charge in [-0.3, -0.25) is 4.79 Å². The van der Waals surface area contributed by atoms with Crippen LogP contribution in [0.15, 0.2) is 60.8 Å². The van der Waals surface area contributed by atoms with Crippen molar-refractivity contribution >= 4 is 23.2 Å². The molecule has 1 spiro atoms. The van der Waals surface area contributed by atoms with Crippen molar-refractivity contribution in [1.82, 2.24) is 4.57 Å². The molecule has 112 valence electrons. The predicted octanol–water partition coefficient (Wildman–Crippen LogP) is 4.06. The fourth-order valence-corrected chi connectivity index (χ4v) is 4.12. The highest BCUT2D eigenvalue weighted by Crippen LogP contribution is 2.48. The standard InChI is InChI=1S/C19H13ClN2O/c20-13-7-8-16-15(10-13)19(18(23)21-16)11-12-4-1-2-5-14(12)17-6-3-9-22(17)19/h1-10H,11H2,(H,21,23). The van der Waals surface area contributed by atoms with Crippen LogP contribution in [0.25, 0.3) is 11.3 Å². The Bertz CT molecular complexity index is 975. The lowest BCUT2D eigenvalue weighted by atomic mass is 9.79. The lowest BCUT2D eigenvalue weighted by Crippen LogP contribution is -2.45. The molecule has 3 nitrogen and oxygen atoms in total. The van der Waals surface area contributed by atoms with E-state index in [0.29, 0.717) is 11.4 Å². The number of carbonyl (C=O) groups is 1. The first-order valence-corrected chi connectivity index (χ1v) is 7.95. The van der Waals surface area contributed by atoms with Crippen LogP contribution < -0.4 is 5.32 Å². The number of nitrogens with zero attached hydrogens (tertiary/aromatic N) is 1. The summed E-state index contributed by atoms with van der Waals surface area (Å²) in [6.07, 6.45) is 2.62. The molecule has 0 saturated heterocycles. The first-order valence-electron chi connectivity index (χ1n) is 7.58. The highest BCUT2D eigenvalue weighted by molar-refractivity contribution is 6.31. The van der Waals surface area contributed by atoms with Crippen molar-refractivity contribution in [2.45, 2.75) is 12.0 Å². The third kappa shape index (κ3) is 1.52. The average Bonchev–Trinajstić information content (AvgIpc) is 3.14. The van der Waals surface area contributed by atoms with Gasteiger partial charge in [0.05, 0.1) is 0 Å². The lowest BCUT2D eigenvalue weighted by molar-refractivity contribution is -0.121. The van der Waals surface area contributed by atoms with E-state index in [1.807, 2.05) is 42.6 Å². The van der Waals surface area contributed by atoms with E-state index in [9.17, 15) is 4.79 Å². The Labute approximate surface area is 138 Å². The third-order valence-electron chi connectivity index (χ3n) is 4.95. The molecule has 3 heterocycles. The monoisotopic (exact) mass is 320 g/mol. The normalized spacial score (nSPS) is 20.8. The van der Waals surface area contributed by atoms with Gasteiger partial charge in [-0.25, -0.2) is 0 Å². The van der Waals surface area contributed by atoms with E-state index < -0.39 is 5.54 Å². The van der Waals surface area contributed by atoms with Crippen LogP contribution in [0.1, 0.15) is 11.1 Å². The van der Waals surface area contributed by atoms with Crippen LogP contribution in [0, 0.1) is 0 Å². The molecule has 0 fully saturated rings. The molecule has 1 amide bonds. The summed E-state index contributed by atoms with van der Waals surface area (Å²) < 4.78 is 2.09. The molecule has 1 atom stereocenters. The second-order valence-corrected chi connectivity index (χ2v) is 6.54. The lowest BCUT2D eigenvalue weighted by Gasteiger charge is -2.36. The minimum absolute atomic E-state index is 0.00159. The minimum atomic E-state index is -0.757. The quantitative estimate of drug-likeness (QED) is 0.666. The molecule has 2 aromatic carbocycles. The van der Waals surface area contributed by atoms with E-state index in [2.05, 4.69) is 28.1 Å². The van der Waals surface area contributed by atoms with Crippen molar-refractivity contribution in [2.24, 2.45) is 0 Å². The summed E-state index contributed by atoms with van der Waals surface area (Å²) in [4.78, 5) is 13.0. The topological polar surface area (TPSA) is 34.0 Å². The number of benzene rings is 2. The van der Waals surface area contributed by atoms with Crippen molar-refractivity contribution in [3.63, 3.8) is 0 Å². The maximum absolute atomic E-state index is 13.0. The molecule has 0 radical (unpaired) electrons. The van der Waals surface area contributed by atoms with Gasteiger partial charge in [-0.1, -0.05) is 35.9 Å². The maximum Gasteiger partial charge on any atom is 0.255 e. The number of hydrogen-bond donors (Lipinski definition) is 1. The molecular weight excluding hydrogens is 308 g/mol. The zero-order chi connectivity index (χ0) is 15.6. The molecule has 2 aliphatic rings. The van der Waals surface area contributed by atoms with Crippen molar-refractivity contribution in [2.75, 3.05) is 5.32 Å². The summed E-state index contributed by atoms with van der Waals surface area (Å²) in [5.41, 5.74) is 4.47. The molecule has 4 heteroatoms. The van der Waals surface area contributed by atoms with Crippen LogP contribution in [0.4, 0.5) is 5.69 Å². The SMILES string of the molecule is O=C1Nc2ccc(Cl)cc2C12Cc1ccccc1-c1cccn12. The van der Waals surface area contributed by atoms with E-state index >= 15 is 0 Å². The second kappa shape index (κ2) is 4.27. The van der Waals surface area contributed by atoms with E-state index in [1.54, 1.807) is 0 Å². The number of carbonyl (C=O) groups excluding carboxylic acids is 1. The van der Waals surface area contributed by atoms with E-state index in [4.69, 9.17) is 11.6 Å². The molecule has 5 rings (SSSR count). The Morgan fingerprint density at radius 3 is 2.87 bits per heavy atom. The fourth-order valence-electron chi connectivity index (χ4n) is 3.95. The number of amides is 1. The summed E-state index contributed by atoms with van der Waals surface area (Å²) >= 11 is 6.23. The third-order valence-corrected chi connectivity index (χ3v) is 5.19. The highest BCUT2D eigenvalue weighted by atomic mass is 35.5. The molecule has 1 aromatic heterocycles. The van der Waals surface area contributed by atoms with Gasteiger partial charge in [0.25, 0.3) is 5.91 Å². The Hall–Kier alpha value is -2.52. The van der Waals surface area contributed by atoms with Crippen molar-refractivity contribution < 1.29 is 4.79 Å². The van der Waals surface area contributed by atoms with Crippen molar-refractivity contribution in [3.8, 4) is 11.3 Å². The molecule has 1 unspecified atom stereocenters. The number of fused-ring (bicyclic) bond motifs is 6. The summed E-state index contributed by atoms with van der Waals surface area (Å²) in [6, 6.07) is 17.9. The van der Waals surface area contributed by atoms with E-state index in [0.717, 1.165) is 16.9 Å². The summed E-state index contributed by atoms with van der Waals surface area (Å²) in [5, 5.41) is 3.67. The Balaban J connectivity index is 1.87. The minimum Gasteiger partial charge on any atom is -0.328 e. The molecule has 3 aromatic rings. The van der Waals surface area contributed by atoms with Crippen LogP contribution in [0.5, 0.6) is 0 Å². The van der Waals surface area contributed by atoms with Gasteiger partial charge in [-0.15, -0.1) is 0 Å². The molecule has 0 aliphatic carbocycles. The van der Waals surface area contributed by atoms with E-state index in [-0.39, 0.29) is 5.91 Å². The van der Waals surface area contributed by atoms with Gasteiger partial charge >= 0.3 is 0 Å². The number of aromatic nitrogens is 1. The Morgan fingerprint density at radius 1 is 1.09 bits per heavy atom. The second-order valence-electron chi connectivity index (χ2n) is 6.10. The zero-order valence-electron chi connectivity index (χ0n) is 12.2. The highest BCUT2D eigenvalue weighted by Gasteiger charge is 2.51. The first-order chi connectivity index (χ1) is 11.2. The van der Waals surface area contributed by atoms with Crippen molar-refractivity contribution in [3.05, 3.63) is 76.9 Å². The molecular formula is C19H13ClN2O. The van der Waals surface area contributed by atoms with Crippen LogP contribution in [0.3, 0.4) is 0 Å². The van der Waals surface area contributed by atoms with Crippen LogP contribution in [-0.2, 0) is 16.8 Å². The van der Waals surface area contributed by atoms with Gasteiger partial charge < -0.3 is 9.88 Å². The van der Waals surface area contributed by atoms with Crippen LogP contribution in [0.2, 0.25) is 5.02 Å². The number of halogens is 1.